The molecule has 0 saturated carbocycles. The summed E-state index contributed by atoms with van der Waals surface area (Å²) in [6.07, 6.45) is 2.02. The number of aromatic nitrogens is 2. The van der Waals surface area contributed by atoms with Crippen LogP contribution in [0.1, 0.15) is 17.0 Å². The normalized spacial score (nSPS) is 10.8. The fourth-order valence-electron chi connectivity index (χ4n) is 1.73. The molecule has 0 saturated heterocycles. The molecule has 84 valence electrons. The summed E-state index contributed by atoms with van der Waals surface area (Å²) in [5.41, 5.74) is 10.3. The fraction of sp³-hybridized carbons (Fsp3) is 0.308. The van der Waals surface area contributed by atoms with E-state index < -0.39 is 0 Å². The predicted octanol–water partition coefficient (Wildman–Crippen LogP) is 2.16. The second-order valence-electron chi connectivity index (χ2n) is 4.16. The molecule has 1 aromatic carbocycles. The van der Waals surface area contributed by atoms with E-state index in [4.69, 9.17) is 5.73 Å². The molecular formula is C13H17N3. The molecule has 0 spiro atoms. The number of benzene rings is 1. The van der Waals surface area contributed by atoms with Crippen molar-refractivity contribution in [3.05, 3.63) is 41.3 Å². The third-order valence-corrected chi connectivity index (χ3v) is 2.96. The average molecular weight is 215 g/mol. The molecule has 0 amide bonds. The summed E-state index contributed by atoms with van der Waals surface area (Å²) in [7, 11) is 1.97. The Bertz CT molecular complexity index is 512. The highest BCUT2D eigenvalue weighted by molar-refractivity contribution is 5.60. The molecule has 2 rings (SSSR count). The molecule has 1 aromatic heterocycles. The molecule has 16 heavy (non-hydrogen) atoms. The Labute approximate surface area is 95.9 Å². The summed E-state index contributed by atoms with van der Waals surface area (Å²) in [4.78, 5) is 4.51. The van der Waals surface area contributed by atoms with Gasteiger partial charge in [0.1, 0.15) is 5.82 Å². The third kappa shape index (κ3) is 1.86. The molecule has 0 fully saturated rings. The molecule has 2 aromatic rings. The highest BCUT2D eigenvalue weighted by Crippen LogP contribution is 2.21. The molecule has 0 aliphatic heterocycles. The van der Waals surface area contributed by atoms with Gasteiger partial charge in [0.25, 0.3) is 0 Å². The molecule has 0 aliphatic rings. The Balaban J connectivity index is 2.46. The van der Waals surface area contributed by atoms with Crippen LogP contribution in [0.5, 0.6) is 0 Å². The topological polar surface area (TPSA) is 43.8 Å². The molecule has 1 heterocycles. The van der Waals surface area contributed by atoms with E-state index in [0.717, 1.165) is 17.1 Å². The van der Waals surface area contributed by atoms with E-state index in [1.807, 2.05) is 17.8 Å². The second kappa shape index (κ2) is 4.10. The third-order valence-electron chi connectivity index (χ3n) is 2.96. The van der Waals surface area contributed by atoms with Crippen molar-refractivity contribution >= 4 is 0 Å². The Morgan fingerprint density at radius 2 is 2.00 bits per heavy atom. The van der Waals surface area contributed by atoms with Crippen LogP contribution >= 0.6 is 0 Å². The van der Waals surface area contributed by atoms with Crippen molar-refractivity contribution in [1.29, 1.82) is 0 Å². The van der Waals surface area contributed by atoms with Gasteiger partial charge in [-0.05, 0) is 31.0 Å². The zero-order valence-electron chi connectivity index (χ0n) is 9.99. The van der Waals surface area contributed by atoms with E-state index >= 15 is 0 Å². The van der Waals surface area contributed by atoms with Crippen molar-refractivity contribution in [1.82, 2.24) is 9.55 Å². The lowest BCUT2D eigenvalue weighted by atomic mass is 10.1. The number of nitrogens with two attached hydrogens (primary N) is 1. The maximum atomic E-state index is 5.61. The van der Waals surface area contributed by atoms with Crippen LogP contribution in [0.2, 0.25) is 0 Å². The van der Waals surface area contributed by atoms with Gasteiger partial charge in [-0.1, -0.05) is 12.1 Å². The minimum atomic E-state index is 0.474. The number of nitrogens with zero attached hydrogens (tertiary/aromatic N) is 2. The lowest BCUT2D eigenvalue weighted by molar-refractivity contribution is 0.794. The van der Waals surface area contributed by atoms with E-state index in [9.17, 15) is 0 Å². The van der Waals surface area contributed by atoms with Gasteiger partial charge in [0.2, 0.25) is 0 Å². The van der Waals surface area contributed by atoms with Crippen molar-refractivity contribution in [2.45, 2.75) is 20.4 Å². The zero-order valence-corrected chi connectivity index (χ0v) is 9.99. The second-order valence-corrected chi connectivity index (χ2v) is 4.16. The molecule has 0 radical (unpaired) electrons. The van der Waals surface area contributed by atoms with Crippen LogP contribution in [0, 0.1) is 13.8 Å². The van der Waals surface area contributed by atoms with Crippen LogP contribution in [0.25, 0.3) is 11.3 Å². The van der Waals surface area contributed by atoms with Crippen LogP contribution in [-0.2, 0) is 13.6 Å². The van der Waals surface area contributed by atoms with Gasteiger partial charge in [0, 0.05) is 18.8 Å². The zero-order chi connectivity index (χ0) is 11.7. The van der Waals surface area contributed by atoms with Gasteiger partial charge >= 0.3 is 0 Å². The lowest BCUT2D eigenvalue weighted by Gasteiger charge is -2.02. The quantitative estimate of drug-likeness (QED) is 0.834. The number of hydrogen-bond acceptors (Lipinski definition) is 2. The molecule has 0 aliphatic carbocycles. The summed E-state index contributed by atoms with van der Waals surface area (Å²) in [6.45, 7) is 4.70. The van der Waals surface area contributed by atoms with Gasteiger partial charge in [0.15, 0.2) is 0 Å². The number of rotatable bonds is 2. The van der Waals surface area contributed by atoms with Gasteiger partial charge in [-0.15, -0.1) is 0 Å². The van der Waals surface area contributed by atoms with Crippen molar-refractivity contribution in [2.24, 2.45) is 12.8 Å². The van der Waals surface area contributed by atoms with Gasteiger partial charge < -0.3 is 10.3 Å². The molecular weight excluding hydrogens is 198 g/mol. The van der Waals surface area contributed by atoms with E-state index in [-0.39, 0.29) is 0 Å². The first-order valence-electron chi connectivity index (χ1n) is 5.41. The molecule has 0 bridgehead atoms. The lowest BCUT2D eigenvalue weighted by Crippen LogP contribution is -2.03. The summed E-state index contributed by atoms with van der Waals surface area (Å²) in [5, 5.41) is 0. The van der Waals surface area contributed by atoms with Crippen LogP contribution in [0.15, 0.2) is 24.4 Å². The Hall–Kier alpha value is -1.61. The Morgan fingerprint density at radius 1 is 1.25 bits per heavy atom. The first-order chi connectivity index (χ1) is 7.61. The van der Waals surface area contributed by atoms with Crippen molar-refractivity contribution in [3.8, 4) is 11.3 Å². The smallest absolute Gasteiger partial charge is 0.122 e. The minimum Gasteiger partial charge on any atom is -0.336 e. The van der Waals surface area contributed by atoms with Gasteiger partial charge in [-0.2, -0.15) is 0 Å². The highest BCUT2D eigenvalue weighted by Gasteiger charge is 2.06. The molecule has 3 heteroatoms. The maximum Gasteiger partial charge on any atom is 0.122 e. The number of aryl methyl sites for hydroxylation is 3. The average Bonchev–Trinajstić information content (AvgIpc) is 2.64. The van der Waals surface area contributed by atoms with E-state index in [0.29, 0.717) is 6.54 Å². The monoisotopic (exact) mass is 215 g/mol. The minimum absolute atomic E-state index is 0.474. The first kappa shape index (κ1) is 10.9. The summed E-state index contributed by atoms with van der Waals surface area (Å²) < 4.78 is 1.98. The largest absolute Gasteiger partial charge is 0.336 e. The molecule has 3 nitrogen and oxygen atoms in total. The van der Waals surface area contributed by atoms with Crippen molar-refractivity contribution in [3.63, 3.8) is 0 Å². The van der Waals surface area contributed by atoms with Crippen LogP contribution in [-0.4, -0.2) is 9.55 Å². The standard InChI is InChI=1S/C13H17N3/c1-9-4-5-11(6-10(9)2)12-8-16(3)13(7-14)15-12/h4-6,8H,7,14H2,1-3H3. The first-order valence-corrected chi connectivity index (χ1v) is 5.41. The summed E-state index contributed by atoms with van der Waals surface area (Å²) in [6, 6.07) is 6.39. The summed E-state index contributed by atoms with van der Waals surface area (Å²) >= 11 is 0. The van der Waals surface area contributed by atoms with Crippen LogP contribution in [0.3, 0.4) is 0 Å². The van der Waals surface area contributed by atoms with Crippen LogP contribution in [0.4, 0.5) is 0 Å². The van der Waals surface area contributed by atoms with Gasteiger partial charge in [-0.25, -0.2) is 4.98 Å². The SMILES string of the molecule is Cc1ccc(-c2cn(C)c(CN)n2)cc1C. The molecule has 0 unspecified atom stereocenters. The van der Waals surface area contributed by atoms with E-state index in [1.165, 1.54) is 11.1 Å². The fourth-order valence-corrected chi connectivity index (χ4v) is 1.73. The predicted molar refractivity (Wildman–Crippen MR) is 66.0 cm³/mol. The Kier molecular flexibility index (Phi) is 2.79. The van der Waals surface area contributed by atoms with E-state index in [2.05, 4.69) is 37.0 Å². The maximum absolute atomic E-state index is 5.61. The van der Waals surface area contributed by atoms with Gasteiger partial charge in [0.05, 0.1) is 12.2 Å². The van der Waals surface area contributed by atoms with Crippen molar-refractivity contribution in [2.75, 3.05) is 0 Å². The highest BCUT2D eigenvalue weighted by atomic mass is 15.1. The van der Waals surface area contributed by atoms with E-state index in [1.54, 1.807) is 0 Å². The number of hydrogen-bond donors (Lipinski definition) is 1. The van der Waals surface area contributed by atoms with Gasteiger partial charge in [-0.3, -0.25) is 0 Å². The van der Waals surface area contributed by atoms with Crippen LogP contribution < -0.4 is 5.73 Å². The summed E-state index contributed by atoms with van der Waals surface area (Å²) in [5.74, 6) is 0.910. The van der Waals surface area contributed by atoms with Crippen molar-refractivity contribution < 1.29 is 0 Å². The Morgan fingerprint density at radius 3 is 2.56 bits per heavy atom. The molecule has 0 atom stereocenters. The number of imidazole rings is 1. The molecule has 2 N–H and O–H groups in total.